The van der Waals surface area contributed by atoms with Crippen molar-refractivity contribution in [1.29, 1.82) is 0 Å². The van der Waals surface area contributed by atoms with E-state index in [1.54, 1.807) is 16.7 Å². The zero-order valence-corrected chi connectivity index (χ0v) is 16.3. The zero-order valence-electron chi connectivity index (χ0n) is 16.3. The minimum Gasteiger partial charge on any atom is -0.298 e. The summed E-state index contributed by atoms with van der Waals surface area (Å²) in [5.74, 6) is 0.267. The number of fused-ring (bicyclic) bond motifs is 1. The van der Waals surface area contributed by atoms with E-state index in [-0.39, 0.29) is 22.8 Å². The van der Waals surface area contributed by atoms with Gasteiger partial charge in [0.25, 0.3) is 11.2 Å². The smallest absolute Gasteiger partial charge is 0.298 e. The maximum Gasteiger partial charge on any atom is 0.329 e. The Balaban J connectivity index is 1.72. The first-order valence-corrected chi connectivity index (χ1v) is 9.21. The summed E-state index contributed by atoms with van der Waals surface area (Å²) in [5, 5.41) is 14.9. The third-order valence-electron chi connectivity index (χ3n) is 4.67. The first-order valence-electron chi connectivity index (χ1n) is 9.21. The molecule has 31 heavy (non-hydrogen) atoms. The third kappa shape index (κ3) is 3.96. The summed E-state index contributed by atoms with van der Waals surface area (Å²) in [4.78, 5) is 41.4. The van der Waals surface area contributed by atoms with Crippen molar-refractivity contribution in [3.63, 3.8) is 0 Å². The van der Waals surface area contributed by atoms with E-state index in [0.717, 1.165) is 5.56 Å². The van der Waals surface area contributed by atoms with Gasteiger partial charge in [-0.05, 0) is 23.3 Å². The van der Waals surface area contributed by atoms with Crippen LogP contribution in [0.5, 0.6) is 0 Å². The molecule has 11 heteroatoms. The van der Waals surface area contributed by atoms with Crippen LogP contribution in [0.2, 0.25) is 0 Å². The van der Waals surface area contributed by atoms with Crippen LogP contribution >= 0.6 is 0 Å². The second-order valence-electron chi connectivity index (χ2n) is 6.72. The predicted octanol–water partition coefficient (Wildman–Crippen LogP) is 1.83. The summed E-state index contributed by atoms with van der Waals surface area (Å²) in [6.07, 6.45) is 1.47. The van der Waals surface area contributed by atoms with E-state index in [2.05, 4.69) is 20.5 Å². The molecule has 0 aliphatic carbocycles. The molecule has 0 amide bonds. The lowest BCUT2D eigenvalue weighted by atomic mass is 10.2. The number of aromatic nitrogens is 4. The van der Waals surface area contributed by atoms with E-state index in [1.807, 2.05) is 30.3 Å². The van der Waals surface area contributed by atoms with E-state index in [0.29, 0.717) is 12.1 Å². The molecule has 0 fully saturated rings. The fourth-order valence-corrected chi connectivity index (χ4v) is 3.09. The molecule has 156 valence electrons. The van der Waals surface area contributed by atoms with E-state index < -0.39 is 16.2 Å². The van der Waals surface area contributed by atoms with Gasteiger partial charge in [0.1, 0.15) is 0 Å². The lowest BCUT2D eigenvalue weighted by Gasteiger charge is -2.08. The van der Waals surface area contributed by atoms with Gasteiger partial charge < -0.3 is 0 Å². The molecule has 11 nitrogen and oxygen atoms in total. The number of anilines is 1. The number of aryl methyl sites for hydroxylation is 1. The average molecular weight is 419 g/mol. The number of imidazole rings is 1. The number of H-pyrrole nitrogens is 1. The van der Waals surface area contributed by atoms with Gasteiger partial charge in [-0.2, -0.15) is 10.1 Å². The first-order chi connectivity index (χ1) is 14.9. The summed E-state index contributed by atoms with van der Waals surface area (Å²) in [6.45, 7) is 0.327. The number of nitro benzene ring substituents is 1. The van der Waals surface area contributed by atoms with Gasteiger partial charge in [-0.1, -0.05) is 30.3 Å². The van der Waals surface area contributed by atoms with Crippen molar-refractivity contribution < 1.29 is 4.92 Å². The molecular weight excluding hydrogens is 402 g/mol. The van der Waals surface area contributed by atoms with Crippen molar-refractivity contribution in [1.82, 2.24) is 19.1 Å². The fraction of sp³-hybridized carbons (Fsp3) is 0.100. The highest BCUT2D eigenvalue weighted by Crippen LogP contribution is 2.18. The lowest BCUT2D eigenvalue weighted by Crippen LogP contribution is -2.29. The van der Waals surface area contributed by atoms with Crippen LogP contribution < -0.4 is 16.7 Å². The number of hydrogen-bond donors (Lipinski definition) is 2. The number of hydrogen-bond acceptors (Lipinski definition) is 7. The van der Waals surface area contributed by atoms with Gasteiger partial charge in [-0.25, -0.2) is 10.2 Å². The van der Waals surface area contributed by atoms with Crippen molar-refractivity contribution in [2.45, 2.75) is 6.54 Å². The Morgan fingerprint density at radius 1 is 1.16 bits per heavy atom. The minimum absolute atomic E-state index is 0.0186. The van der Waals surface area contributed by atoms with Crippen molar-refractivity contribution in [2.24, 2.45) is 12.1 Å². The molecule has 0 aliphatic rings. The molecule has 4 rings (SSSR count). The molecule has 0 radical (unpaired) electrons. The Kier molecular flexibility index (Phi) is 5.14. The number of aromatic amines is 1. The molecule has 0 spiro atoms. The summed E-state index contributed by atoms with van der Waals surface area (Å²) in [6, 6.07) is 15.3. The molecule has 0 saturated carbocycles. The maximum atomic E-state index is 12.5. The number of hydrazone groups is 1. The summed E-state index contributed by atoms with van der Waals surface area (Å²) >= 11 is 0. The van der Waals surface area contributed by atoms with Crippen LogP contribution in [0.25, 0.3) is 11.2 Å². The van der Waals surface area contributed by atoms with Gasteiger partial charge in [0.05, 0.1) is 17.7 Å². The van der Waals surface area contributed by atoms with E-state index >= 15 is 0 Å². The van der Waals surface area contributed by atoms with Gasteiger partial charge in [0, 0.05) is 19.2 Å². The van der Waals surface area contributed by atoms with Gasteiger partial charge >= 0.3 is 5.69 Å². The maximum absolute atomic E-state index is 12.5. The van der Waals surface area contributed by atoms with Crippen LogP contribution in [-0.4, -0.2) is 30.2 Å². The highest BCUT2D eigenvalue weighted by molar-refractivity contribution is 5.81. The van der Waals surface area contributed by atoms with Gasteiger partial charge in [-0.3, -0.25) is 29.0 Å². The second kappa shape index (κ2) is 8.06. The summed E-state index contributed by atoms with van der Waals surface area (Å²) in [7, 11) is 1.52. The Labute approximate surface area is 174 Å². The van der Waals surface area contributed by atoms with Gasteiger partial charge in [0.2, 0.25) is 5.95 Å². The van der Waals surface area contributed by atoms with E-state index in [4.69, 9.17) is 0 Å². The Morgan fingerprint density at radius 2 is 1.87 bits per heavy atom. The fourth-order valence-electron chi connectivity index (χ4n) is 3.09. The third-order valence-corrected chi connectivity index (χ3v) is 4.67. The Morgan fingerprint density at radius 3 is 2.55 bits per heavy atom. The van der Waals surface area contributed by atoms with Gasteiger partial charge in [0.15, 0.2) is 11.2 Å². The highest BCUT2D eigenvalue weighted by Gasteiger charge is 2.17. The standard InChI is InChI=1S/C20H17N7O4/c1-25-17-16(18(28)23-20(25)29)26(12-14-5-3-2-4-6-14)19(22-17)24-21-11-13-7-9-15(10-8-13)27(30)31/h2-11H,12H2,1H3,(H,22,24)(H,23,28,29)/b21-11+. The molecule has 0 bridgehead atoms. The van der Waals surface area contributed by atoms with Crippen LogP contribution in [-0.2, 0) is 13.6 Å². The van der Waals surface area contributed by atoms with Crippen LogP contribution in [0.1, 0.15) is 11.1 Å². The van der Waals surface area contributed by atoms with E-state index in [9.17, 15) is 19.7 Å². The molecular formula is C20H17N7O4. The second-order valence-corrected chi connectivity index (χ2v) is 6.72. The molecule has 2 aromatic carbocycles. The monoisotopic (exact) mass is 419 g/mol. The van der Waals surface area contributed by atoms with Crippen molar-refractivity contribution in [3.8, 4) is 0 Å². The van der Waals surface area contributed by atoms with Crippen LogP contribution in [0.4, 0.5) is 11.6 Å². The minimum atomic E-state index is -0.567. The molecule has 0 saturated heterocycles. The lowest BCUT2D eigenvalue weighted by molar-refractivity contribution is -0.384. The topological polar surface area (TPSA) is 140 Å². The molecule has 2 N–H and O–H groups in total. The quantitative estimate of drug-likeness (QED) is 0.278. The Hall–Kier alpha value is -4.54. The Bertz CT molecular complexity index is 1400. The molecule has 0 atom stereocenters. The summed E-state index contributed by atoms with van der Waals surface area (Å²) < 4.78 is 2.89. The number of non-ortho nitro benzene ring substituents is 1. The molecule has 2 heterocycles. The number of nitro groups is 1. The number of rotatable bonds is 6. The number of nitrogens with one attached hydrogen (secondary N) is 2. The van der Waals surface area contributed by atoms with E-state index in [1.165, 1.54) is 30.0 Å². The number of benzene rings is 2. The van der Waals surface area contributed by atoms with Gasteiger partial charge in [-0.15, -0.1) is 0 Å². The van der Waals surface area contributed by atoms with Crippen LogP contribution in [0, 0.1) is 10.1 Å². The summed E-state index contributed by atoms with van der Waals surface area (Å²) in [5.41, 5.74) is 3.69. The van der Waals surface area contributed by atoms with Crippen molar-refractivity contribution >= 4 is 29.0 Å². The zero-order chi connectivity index (χ0) is 22.0. The van der Waals surface area contributed by atoms with Crippen molar-refractivity contribution in [2.75, 3.05) is 5.43 Å². The van der Waals surface area contributed by atoms with Crippen molar-refractivity contribution in [3.05, 3.63) is 96.7 Å². The highest BCUT2D eigenvalue weighted by atomic mass is 16.6. The predicted molar refractivity (Wildman–Crippen MR) is 115 cm³/mol. The molecule has 0 aliphatic heterocycles. The van der Waals surface area contributed by atoms with Crippen LogP contribution in [0.15, 0.2) is 69.3 Å². The molecule has 2 aromatic heterocycles. The van der Waals surface area contributed by atoms with Crippen LogP contribution in [0.3, 0.4) is 0 Å². The molecule has 0 unspecified atom stereocenters. The average Bonchev–Trinajstić information content (AvgIpc) is 3.12. The SMILES string of the molecule is Cn1c(=O)[nH]c(=O)c2c1nc(N/N=C/c1ccc([N+](=O)[O-])cc1)n2Cc1ccccc1. The number of nitrogens with zero attached hydrogens (tertiary/aromatic N) is 5. The first kappa shape index (κ1) is 19.8. The molecule has 4 aromatic rings. The normalized spacial score (nSPS) is 11.3. The largest absolute Gasteiger partial charge is 0.329 e.